The molecule has 0 spiro atoms. The molecule has 0 radical (unpaired) electrons. The zero-order valence-corrected chi connectivity index (χ0v) is 17.8. The highest BCUT2D eigenvalue weighted by Crippen LogP contribution is 2.34. The summed E-state index contributed by atoms with van der Waals surface area (Å²) >= 11 is 0. The average molecular weight is 434 g/mol. The van der Waals surface area contributed by atoms with E-state index in [4.69, 9.17) is 9.47 Å². The molecule has 0 amide bonds. The van der Waals surface area contributed by atoms with Crippen LogP contribution in [0.1, 0.15) is 43.1 Å². The van der Waals surface area contributed by atoms with Gasteiger partial charge in [0.15, 0.2) is 15.6 Å². The maximum absolute atomic E-state index is 13.3. The number of carbonyl (C=O) groups excluding carboxylic acids is 2. The van der Waals surface area contributed by atoms with Crippen LogP contribution in [0.2, 0.25) is 0 Å². The average Bonchev–Trinajstić information content (AvgIpc) is 2.66. The zero-order chi connectivity index (χ0) is 22.3. The summed E-state index contributed by atoms with van der Waals surface area (Å²) in [6.45, 7) is 4.45. The van der Waals surface area contributed by atoms with Crippen LogP contribution in [-0.4, -0.2) is 26.8 Å². The van der Waals surface area contributed by atoms with Gasteiger partial charge in [-0.1, -0.05) is 19.4 Å². The molecule has 0 unspecified atom stereocenters. The molecule has 0 aromatic heterocycles. The molecule has 2 rings (SSSR count). The van der Waals surface area contributed by atoms with Gasteiger partial charge in [-0.25, -0.2) is 12.8 Å². The molecule has 0 saturated carbocycles. The minimum atomic E-state index is -3.81. The number of rotatable bonds is 9. The molecule has 6 nitrogen and oxygen atoms in total. The van der Waals surface area contributed by atoms with E-state index in [1.165, 1.54) is 38.1 Å². The van der Waals surface area contributed by atoms with Crippen molar-refractivity contribution in [3.8, 4) is 11.5 Å². The lowest BCUT2D eigenvalue weighted by molar-refractivity contribution is -0.131. The largest absolute Gasteiger partial charge is 0.489 e. The van der Waals surface area contributed by atoms with Crippen molar-refractivity contribution in [2.24, 2.45) is 0 Å². The van der Waals surface area contributed by atoms with E-state index in [0.717, 1.165) is 17.5 Å². The summed E-state index contributed by atoms with van der Waals surface area (Å²) in [5, 5.41) is 0.943. The molecule has 0 aliphatic rings. The van der Waals surface area contributed by atoms with Crippen LogP contribution in [-0.2, 0) is 21.1 Å². The van der Waals surface area contributed by atoms with Crippen LogP contribution in [0.4, 0.5) is 4.39 Å². The van der Waals surface area contributed by atoms with E-state index in [1.54, 1.807) is 6.07 Å². The first-order valence-corrected chi connectivity index (χ1v) is 10.9. The Morgan fingerprint density at radius 2 is 1.87 bits per heavy atom. The molecular formula is C22H23FO6S. The van der Waals surface area contributed by atoms with E-state index >= 15 is 0 Å². The van der Waals surface area contributed by atoms with Crippen molar-refractivity contribution in [3.05, 3.63) is 64.8 Å². The smallest absolute Gasteiger partial charge is 0.308 e. The van der Waals surface area contributed by atoms with Gasteiger partial charge in [0, 0.05) is 17.9 Å². The van der Waals surface area contributed by atoms with Gasteiger partial charge in [-0.15, -0.1) is 0 Å². The predicted molar refractivity (Wildman–Crippen MR) is 110 cm³/mol. The highest BCUT2D eigenvalue weighted by Gasteiger charge is 2.19. The lowest BCUT2D eigenvalue weighted by atomic mass is 10.0. The number of halogens is 1. The van der Waals surface area contributed by atoms with Gasteiger partial charge in [0.1, 0.15) is 23.9 Å². The van der Waals surface area contributed by atoms with E-state index < -0.39 is 21.6 Å². The SMILES string of the molecule is CCCc1c(OCC=CS(=O)(=O)c2cccc(F)c2)ccc(C(C)=O)c1OC(C)=O. The number of ether oxygens (including phenoxy) is 2. The Hall–Kier alpha value is -3.00. The van der Waals surface area contributed by atoms with Crippen molar-refractivity contribution in [2.45, 2.75) is 38.5 Å². The number of hydrogen-bond donors (Lipinski definition) is 0. The van der Waals surface area contributed by atoms with Gasteiger partial charge in [0.25, 0.3) is 0 Å². The predicted octanol–water partition coefficient (Wildman–Crippen LogP) is 4.27. The monoisotopic (exact) mass is 434 g/mol. The van der Waals surface area contributed by atoms with E-state index in [1.807, 2.05) is 6.92 Å². The minimum absolute atomic E-state index is 0.0931. The Kier molecular flexibility index (Phi) is 7.88. The van der Waals surface area contributed by atoms with Crippen LogP contribution in [0.15, 0.2) is 52.8 Å². The standard InChI is InChI=1S/C22H23FO6S/c1-4-7-20-21(11-10-19(15(2)24)22(20)29-16(3)25)28-12-6-13-30(26,27)18-9-5-8-17(23)14-18/h5-6,8-11,13-14H,4,7,12H2,1-3H3. The first-order chi connectivity index (χ1) is 14.2. The summed E-state index contributed by atoms with van der Waals surface area (Å²) in [4.78, 5) is 23.3. The van der Waals surface area contributed by atoms with E-state index in [2.05, 4.69) is 0 Å². The van der Waals surface area contributed by atoms with Crippen molar-refractivity contribution in [1.29, 1.82) is 0 Å². The van der Waals surface area contributed by atoms with Gasteiger partial charge >= 0.3 is 5.97 Å². The first-order valence-electron chi connectivity index (χ1n) is 9.31. The topological polar surface area (TPSA) is 86.7 Å². The lowest BCUT2D eigenvalue weighted by Crippen LogP contribution is -2.10. The molecule has 2 aromatic rings. The van der Waals surface area contributed by atoms with E-state index in [-0.39, 0.29) is 28.6 Å². The maximum Gasteiger partial charge on any atom is 0.308 e. The molecule has 0 atom stereocenters. The molecular weight excluding hydrogens is 411 g/mol. The fourth-order valence-corrected chi connectivity index (χ4v) is 3.83. The second kappa shape index (κ2) is 10.2. The molecule has 0 aliphatic carbocycles. The molecule has 30 heavy (non-hydrogen) atoms. The second-order valence-electron chi connectivity index (χ2n) is 6.50. The van der Waals surface area contributed by atoms with Gasteiger partial charge in [-0.2, -0.15) is 0 Å². The van der Waals surface area contributed by atoms with Crippen molar-refractivity contribution in [1.82, 2.24) is 0 Å². The molecule has 0 fully saturated rings. The van der Waals surface area contributed by atoms with E-state index in [0.29, 0.717) is 24.2 Å². The Bertz CT molecular complexity index is 1070. The lowest BCUT2D eigenvalue weighted by Gasteiger charge is -2.16. The van der Waals surface area contributed by atoms with Crippen LogP contribution in [0.25, 0.3) is 0 Å². The summed E-state index contributed by atoms with van der Waals surface area (Å²) in [6.07, 6.45) is 2.49. The molecule has 0 saturated heterocycles. The zero-order valence-electron chi connectivity index (χ0n) is 17.0. The summed E-state index contributed by atoms with van der Waals surface area (Å²) in [5.74, 6) is -0.922. The molecule has 0 heterocycles. The van der Waals surface area contributed by atoms with Crippen molar-refractivity contribution >= 4 is 21.6 Å². The second-order valence-corrected chi connectivity index (χ2v) is 8.34. The van der Waals surface area contributed by atoms with Crippen molar-refractivity contribution in [3.63, 3.8) is 0 Å². The molecule has 2 aromatic carbocycles. The molecule has 8 heteroatoms. The summed E-state index contributed by atoms with van der Waals surface area (Å²) in [5.41, 5.74) is 0.826. The number of benzene rings is 2. The van der Waals surface area contributed by atoms with Crippen LogP contribution >= 0.6 is 0 Å². The third kappa shape index (κ3) is 6.00. The van der Waals surface area contributed by atoms with Gasteiger partial charge in [-0.3, -0.25) is 9.59 Å². The fraction of sp³-hybridized carbons (Fsp3) is 0.273. The summed E-state index contributed by atoms with van der Waals surface area (Å²) in [6, 6.07) is 7.80. The summed E-state index contributed by atoms with van der Waals surface area (Å²) < 4.78 is 48.7. The molecule has 0 bridgehead atoms. The van der Waals surface area contributed by atoms with Crippen LogP contribution in [0, 0.1) is 5.82 Å². The van der Waals surface area contributed by atoms with E-state index in [9.17, 15) is 22.4 Å². The van der Waals surface area contributed by atoms with Gasteiger partial charge < -0.3 is 9.47 Å². The van der Waals surface area contributed by atoms with Crippen LogP contribution < -0.4 is 9.47 Å². The number of Topliss-reactive ketones (excluding diaryl/α,β-unsaturated/α-hetero) is 1. The third-order valence-corrected chi connectivity index (χ3v) is 5.54. The minimum Gasteiger partial charge on any atom is -0.489 e. The van der Waals surface area contributed by atoms with Gasteiger partial charge in [0.2, 0.25) is 0 Å². The maximum atomic E-state index is 13.3. The van der Waals surface area contributed by atoms with Crippen LogP contribution in [0.5, 0.6) is 11.5 Å². The van der Waals surface area contributed by atoms with Crippen molar-refractivity contribution in [2.75, 3.05) is 6.61 Å². The van der Waals surface area contributed by atoms with Crippen LogP contribution in [0.3, 0.4) is 0 Å². The molecule has 0 aliphatic heterocycles. The number of esters is 1. The number of carbonyl (C=O) groups is 2. The highest BCUT2D eigenvalue weighted by atomic mass is 32.2. The Labute approximate surface area is 175 Å². The summed E-state index contributed by atoms with van der Waals surface area (Å²) in [7, 11) is -3.81. The Balaban J connectivity index is 2.26. The Morgan fingerprint density at radius 1 is 1.13 bits per heavy atom. The third-order valence-electron chi connectivity index (χ3n) is 4.08. The number of ketones is 1. The normalized spacial score (nSPS) is 11.5. The molecule has 0 N–H and O–H groups in total. The number of hydrogen-bond acceptors (Lipinski definition) is 6. The van der Waals surface area contributed by atoms with Crippen molar-refractivity contribution < 1.29 is 31.9 Å². The van der Waals surface area contributed by atoms with Gasteiger partial charge in [-0.05, 0) is 49.8 Å². The first kappa shape index (κ1) is 23.3. The van der Waals surface area contributed by atoms with Gasteiger partial charge in [0.05, 0.1) is 10.5 Å². The highest BCUT2D eigenvalue weighted by molar-refractivity contribution is 7.94. The fourth-order valence-electron chi connectivity index (χ4n) is 2.80. The quantitative estimate of drug-likeness (QED) is 0.333. The Morgan fingerprint density at radius 3 is 2.47 bits per heavy atom. The number of sulfone groups is 1. The molecule has 160 valence electrons.